The molecule has 1 N–H and O–H groups in total. The molecular weight excluding hydrogens is 270 g/mol. The first kappa shape index (κ1) is 13.7. The number of nitrogens with zero attached hydrogens (tertiary/aromatic N) is 1. The molecule has 0 aromatic heterocycles. The van der Waals surface area contributed by atoms with Gasteiger partial charge in [-0.05, 0) is 42.2 Å². The zero-order valence-corrected chi connectivity index (χ0v) is 11.6. The number of aryl methyl sites for hydroxylation is 2. The van der Waals surface area contributed by atoms with Crippen molar-refractivity contribution in [2.24, 2.45) is 4.99 Å². The molecule has 2 aromatic rings. The summed E-state index contributed by atoms with van der Waals surface area (Å²) >= 11 is 0. The zero-order chi connectivity index (χ0) is 14.7. The quantitative estimate of drug-likeness (QED) is 0.917. The maximum absolute atomic E-state index is 13.7. The van der Waals surface area contributed by atoms with Crippen molar-refractivity contribution in [2.75, 3.05) is 13.1 Å². The van der Waals surface area contributed by atoms with Gasteiger partial charge in [-0.3, -0.25) is 4.99 Å². The molecule has 0 saturated heterocycles. The Bertz CT molecular complexity index is 680. The summed E-state index contributed by atoms with van der Waals surface area (Å²) in [6.07, 6.45) is 1.12. The molecule has 21 heavy (non-hydrogen) atoms. The molecule has 108 valence electrons. The predicted octanol–water partition coefficient (Wildman–Crippen LogP) is 3.10. The number of rotatable bonds is 4. The summed E-state index contributed by atoms with van der Waals surface area (Å²) in [6.45, 7) is 1.63. The highest BCUT2D eigenvalue weighted by molar-refractivity contribution is 6.01. The highest BCUT2D eigenvalue weighted by Crippen LogP contribution is 2.16. The van der Waals surface area contributed by atoms with Crippen molar-refractivity contribution in [3.8, 4) is 0 Å². The number of amidine groups is 1. The number of benzene rings is 2. The van der Waals surface area contributed by atoms with Gasteiger partial charge in [-0.15, -0.1) is 0 Å². The summed E-state index contributed by atoms with van der Waals surface area (Å²) in [5, 5.41) is 3.25. The normalized spacial score (nSPS) is 13.9. The zero-order valence-electron chi connectivity index (χ0n) is 11.6. The lowest BCUT2D eigenvalue weighted by Gasteiger charge is -2.10. The monoisotopic (exact) mass is 286 g/mol. The summed E-state index contributed by atoms with van der Waals surface area (Å²) in [4.78, 5) is 4.42. The van der Waals surface area contributed by atoms with Crippen molar-refractivity contribution in [3.05, 3.63) is 70.8 Å². The smallest absolute Gasteiger partial charge is 0.128 e. The van der Waals surface area contributed by atoms with Gasteiger partial charge in [-0.25, -0.2) is 8.78 Å². The first-order chi connectivity index (χ1) is 10.2. The minimum absolute atomic E-state index is 0.356. The molecule has 0 aliphatic carbocycles. The lowest BCUT2D eigenvalue weighted by molar-refractivity contribution is 0.584. The molecular formula is C17H16F2N2. The topological polar surface area (TPSA) is 24.4 Å². The molecule has 1 aliphatic rings. The largest absolute Gasteiger partial charge is 0.368 e. The van der Waals surface area contributed by atoms with Crippen LogP contribution in [0.4, 0.5) is 8.78 Å². The molecule has 4 heteroatoms. The molecule has 0 radical (unpaired) electrons. The fourth-order valence-electron chi connectivity index (χ4n) is 2.55. The maximum atomic E-state index is 13.7. The lowest BCUT2D eigenvalue weighted by atomic mass is 9.99. The summed E-state index contributed by atoms with van der Waals surface area (Å²) in [5.74, 6) is 0.136. The summed E-state index contributed by atoms with van der Waals surface area (Å²) in [7, 11) is 0. The molecule has 0 fully saturated rings. The molecule has 0 unspecified atom stereocenters. The van der Waals surface area contributed by atoms with Gasteiger partial charge in [0, 0.05) is 12.1 Å². The van der Waals surface area contributed by atoms with Crippen LogP contribution in [0.1, 0.15) is 16.7 Å². The highest BCUT2D eigenvalue weighted by Gasteiger charge is 2.12. The Morgan fingerprint density at radius 1 is 1.00 bits per heavy atom. The van der Waals surface area contributed by atoms with Crippen LogP contribution in [-0.2, 0) is 12.8 Å². The van der Waals surface area contributed by atoms with Crippen molar-refractivity contribution in [2.45, 2.75) is 12.8 Å². The Morgan fingerprint density at radius 3 is 2.62 bits per heavy atom. The highest BCUT2D eigenvalue weighted by atomic mass is 19.1. The van der Waals surface area contributed by atoms with Crippen LogP contribution in [0.15, 0.2) is 47.5 Å². The average molecular weight is 286 g/mol. The third-order valence-corrected chi connectivity index (χ3v) is 3.62. The van der Waals surface area contributed by atoms with E-state index in [1.165, 1.54) is 12.1 Å². The Kier molecular flexibility index (Phi) is 3.95. The molecule has 1 aliphatic heterocycles. The van der Waals surface area contributed by atoms with E-state index in [0.29, 0.717) is 18.4 Å². The van der Waals surface area contributed by atoms with Crippen molar-refractivity contribution < 1.29 is 8.78 Å². The number of aliphatic imine (C=N–C) groups is 1. The minimum Gasteiger partial charge on any atom is -0.368 e. The SMILES string of the molecule is Fc1ccc(F)c(CCc2ccccc2C2=NCCN2)c1. The predicted molar refractivity (Wildman–Crippen MR) is 79.6 cm³/mol. The van der Waals surface area contributed by atoms with E-state index in [9.17, 15) is 8.78 Å². The second-order valence-corrected chi connectivity index (χ2v) is 5.05. The van der Waals surface area contributed by atoms with E-state index in [-0.39, 0.29) is 5.82 Å². The molecule has 2 aromatic carbocycles. The van der Waals surface area contributed by atoms with Gasteiger partial charge >= 0.3 is 0 Å². The first-order valence-electron chi connectivity index (χ1n) is 7.04. The van der Waals surface area contributed by atoms with Gasteiger partial charge in [0.1, 0.15) is 17.5 Å². The molecule has 0 bridgehead atoms. The maximum Gasteiger partial charge on any atom is 0.128 e. The van der Waals surface area contributed by atoms with Crippen LogP contribution in [0.25, 0.3) is 0 Å². The molecule has 0 atom stereocenters. The van der Waals surface area contributed by atoms with Gasteiger partial charge in [0.05, 0.1) is 6.54 Å². The summed E-state index contributed by atoms with van der Waals surface area (Å²) in [6, 6.07) is 11.5. The number of hydrogen-bond donors (Lipinski definition) is 1. The van der Waals surface area contributed by atoms with Gasteiger partial charge in [0.15, 0.2) is 0 Å². The van der Waals surface area contributed by atoms with E-state index in [4.69, 9.17) is 0 Å². The number of halogens is 2. The fourth-order valence-corrected chi connectivity index (χ4v) is 2.55. The number of nitrogens with one attached hydrogen (secondary N) is 1. The Balaban J connectivity index is 1.81. The molecule has 0 saturated carbocycles. The first-order valence-corrected chi connectivity index (χ1v) is 7.04. The van der Waals surface area contributed by atoms with Crippen molar-refractivity contribution in [3.63, 3.8) is 0 Å². The van der Waals surface area contributed by atoms with E-state index < -0.39 is 5.82 Å². The second kappa shape index (κ2) is 6.04. The van der Waals surface area contributed by atoms with Crippen LogP contribution >= 0.6 is 0 Å². The van der Waals surface area contributed by atoms with Crippen molar-refractivity contribution >= 4 is 5.84 Å². The van der Waals surface area contributed by atoms with Crippen molar-refractivity contribution in [1.29, 1.82) is 0 Å². The van der Waals surface area contributed by atoms with E-state index >= 15 is 0 Å². The van der Waals surface area contributed by atoms with Gasteiger partial charge in [0.25, 0.3) is 0 Å². The second-order valence-electron chi connectivity index (χ2n) is 5.05. The lowest BCUT2D eigenvalue weighted by Crippen LogP contribution is -2.21. The molecule has 0 spiro atoms. The Labute approximate surface area is 122 Å². The molecule has 2 nitrogen and oxygen atoms in total. The standard InChI is InChI=1S/C17H16F2N2/c18-14-7-8-16(19)13(11-14)6-5-12-3-1-2-4-15(12)17-20-9-10-21-17/h1-4,7-8,11H,5-6,9-10H2,(H,20,21). The average Bonchev–Trinajstić information content (AvgIpc) is 3.03. The van der Waals surface area contributed by atoms with Crippen molar-refractivity contribution in [1.82, 2.24) is 5.32 Å². The van der Waals surface area contributed by atoms with Crippen LogP contribution in [0.2, 0.25) is 0 Å². The number of hydrogen-bond acceptors (Lipinski definition) is 2. The third-order valence-electron chi connectivity index (χ3n) is 3.62. The summed E-state index contributed by atoms with van der Waals surface area (Å²) < 4.78 is 26.9. The van der Waals surface area contributed by atoms with Gasteiger partial charge in [-0.2, -0.15) is 0 Å². The Morgan fingerprint density at radius 2 is 1.81 bits per heavy atom. The van der Waals surface area contributed by atoms with Crippen LogP contribution in [0, 0.1) is 11.6 Å². The van der Waals surface area contributed by atoms with Gasteiger partial charge in [0.2, 0.25) is 0 Å². The fraction of sp³-hybridized carbons (Fsp3) is 0.235. The Hall–Kier alpha value is -2.23. The van der Waals surface area contributed by atoms with E-state index in [1.807, 2.05) is 24.3 Å². The minimum atomic E-state index is -0.401. The van der Waals surface area contributed by atoms with E-state index in [0.717, 1.165) is 36.1 Å². The van der Waals surface area contributed by atoms with Crippen LogP contribution in [-0.4, -0.2) is 18.9 Å². The van der Waals surface area contributed by atoms with E-state index in [2.05, 4.69) is 10.3 Å². The van der Waals surface area contributed by atoms with Crippen LogP contribution < -0.4 is 5.32 Å². The van der Waals surface area contributed by atoms with Crippen LogP contribution in [0.3, 0.4) is 0 Å². The third kappa shape index (κ3) is 3.10. The molecule has 1 heterocycles. The van der Waals surface area contributed by atoms with Gasteiger partial charge in [-0.1, -0.05) is 24.3 Å². The van der Waals surface area contributed by atoms with Crippen LogP contribution in [0.5, 0.6) is 0 Å². The van der Waals surface area contributed by atoms with E-state index in [1.54, 1.807) is 0 Å². The van der Waals surface area contributed by atoms with Gasteiger partial charge < -0.3 is 5.32 Å². The molecule has 3 rings (SSSR count). The summed E-state index contributed by atoms with van der Waals surface area (Å²) in [5.41, 5.74) is 2.55. The molecule has 0 amide bonds.